The zero-order chi connectivity index (χ0) is 13.1. The van der Waals surface area contributed by atoms with Gasteiger partial charge in [0, 0.05) is 42.9 Å². The molecule has 3 rings (SSSR count). The van der Waals surface area contributed by atoms with Crippen LogP contribution < -0.4 is 0 Å². The van der Waals surface area contributed by atoms with Crippen LogP contribution in [0.15, 0.2) is 29.2 Å². The Bertz CT molecular complexity index is 388. The van der Waals surface area contributed by atoms with Crippen molar-refractivity contribution >= 4 is 11.8 Å². The maximum Gasteiger partial charge on any atom is 0.0263 e. The Morgan fingerprint density at radius 3 is 2.58 bits per heavy atom. The molecule has 0 amide bonds. The van der Waals surface area contributed by atoms with Gasteiger partial charge in [0.05, 0.1) is 0 Å². The molecule has 0 saturated carbocycles. The molecular weight excluding hydrogens is 252 g/mol. The second kappa shape index (κ2) is 6.29. The zero-order valence-electron chi connectivity index (χ0n) is 11.8. The molecule has 1 fully saturated rings. The van der Waals surface area contributed by atoms with Gasteiger partial charge in [-0.25, -0.2) is 0 Å². The van der Waals surface area contributed by atoms with Crippen molar-refractivity contribution in [3.63, 3.8) is 0 Å². The van der Waals surface area contributed by atoms with Gasteiger partial charge in [0.1, 0.15) is 0 Å². The fraction of sp³-hybridized carbons (Fsp3) is 0.625. The summed E-state index contributed by atoms with van der Waals surface area (Å²) < 4.78 is 0. The van der Waals surface area contributed by atoms with E-state index in [-0.39, 0.29) is 0 Å². The summed E-state index contributed by atoms with van der Waals surface area (Å²) in [5, 5.41) is 0.773. The van der Waals surface area contributed by atoms with Crippen LogP contribution in [0.4, 0.5) is 0 Å². The molecule has 0 spiro atoms. The van der Waals surface area contributed by atoms with Gasteiger partial charge in [-0.2, -0.15) is 0 Å². The molecule has 19 heavy (non-hydrogen) atoms. The lowest BCUT2D eigenvalue weighted by molar-refractivity contribution is 0.133. The number of hydrogen-bond acceptors (Lipinski definition) is 3. The molecule has 1 atom stereocenters. The smallest absolute Gasteiger partial charge is 0.0263 e. The zero-order valence-corrected chi connectivity index (χ0v) is 12.7. The summed E-state index contributed by atoms with van der Waals surface area (Å²) in [5.74, 6) is 0. The van der Waals surface area contributed by atoms with Crippen molar-refractivity contribution in [2.45, 2.75) is 29.9 Å². The third-order valence-electron chi connectivity index (χ3n) is 4.18. The van der Waals surface area contributed by atoms with Gasteiger partial charge >= 0.3 is 0 Å². The monoisotopic (exact) mass is 276 g/mol. The van der Waals surface area contributed by atoms with Gasteiger partial charge < -0.3 is 4.90 Å². The third-order valence-corrected chi connectivity index (χ3v) is 5.48. The molecule has 0 N–H and O–H groups in total. The maximum absolute atomic E-state index is 2.66. The van der Waals surface area contributed by atoms with Gasteiger partial charge in [0.2, 0.25) is 0 Å². The number of piperazine rings is 1. The number of nitrogens with zero attached hydrogens (tertiary/aromatic N) is 2. The van der Waals surface area contributed by atoms with E-state index in [9.17, 15) is 0 Å². The molecule has 1 unspecified atom stereocenters. The van der Waals surface area contributed by atoms with Gasteiger partial charge in [-0.15, -0.1) is 11.8 Å². The first-order valence-electron chi connectivity index (χ1n) is 7.54. The van der Waals surface area contributed by atoms with Crippen molar-refractivity contribution < 1.29 is 0 Å². The predicted octanol–water partition coefficient (Wildman–Crippen LogP) is 2.73. The van der Waals surface area contributed by atoms with Crippen molar-refractivity contribution in [3.05, 3.63) is 29.8 Å². The van der Waals surface area contributed by atoms with Crippen molar-refractivity contribution in [3.8, 4) is 0 Å². The Hall–Kier alpha value is -0.510. The van der Waals surface area contributed by atoms with Gasteiger partial charge in [0.25, 0.3) is 0 Å². The van der Waals surface area contributed by atoms with Gasteiger partial charge in [-0.1, -0.05) is 25.1 Å². The SMILES string of the molecule is CCCN1CCN(CC2Cc3ccccc3S2)CC1. The van der Waals surface area contributed by atoms with Crippen molar-refractivity contribution in [2.75, 3.05) is 39.3 Å². The lowest BCUT2D eigenvalue weighted by Gasteiger charge is -2.35. The Morgan fingerprint density at radius 1 is 1.11 bits per heavy atom. The fourth-order valence-electron chi connectivity index (χ4n) is 3.16. The highest BCUT2D eigenvalue weighted by molar-refractivity contribution is 8.00. The van der Waals surface area contributed by atoms with Crippen LogP contribution in [0.25, 0.3) is 0 Å². The van der Waals surface area contributed by atoms with Crippen molar-refractivity contribution in [2.24, 2.45) is 0 Å². The second-order valence-electron chi connectivity index (χ2n) is 5.69. The first kappa shape index (κ1) is 13.5. The molecule has 0 bridgehead atoms. The Labute approximate surface area is 121 Å². The van der Waals surface area contributed by atoms with Crippen LogP contribution in [0.1, 0.15) is 18.9 Å². The van der Waals surface area contributed by atoms with Crippen molar-refractivity contribution in [1.82, 2.24) is 9.80 Å². The molecule has 1 aromatic rings. The molecule has 1 saturated heterocycles. The minimum atomic E-state index is 0.773. The summed E-state index contributed by atoms with van der Waals surface area (Å²) in [6.07, 6.45) is 2.55. The number of fused-ring (bicyclic) bond motifs is 1. The van der Waals surface area contributed by atoms with Crippen LogP contribution in [0, 0.1) is 0 Å². The summed E-state index contributed by atoms with van der Waals surface area (Å²) in [5.41, 5.74) is 1.56. The van der Waals surface area contributed by atoms with Crippen molar-refractivity contribution in [1.29, 1.82) is 0 Å². The van der Waals surface area contributed by atoms with Crippen LogP contribution in [0.5, 0.6) is 0 Å². The highest BCUT2D eigenvalue weighted by atomic mass is 32.2. The fourth-order valence-corrected chi connectivity index (χ4v) is 4.52. The molecule has 2 aliphatic heterocycles. The summed E-state index contributed by atoms with van der Waals surface area (Å²) >= 11 is 2.09. The molecule has 0 aromatic heterocycles. The number of hydrogen-bond donors (Lipinski definition) is 0. The van der Waals surface area contributed by atoms with E-state index in [2.05, 4.69) is 52.8 Å². The van der Waals surface area contributed by atoms with Gasteiger partial charge in [-0.3, -0.25) is 4.90 Å². The maximum atomic E-state index is 2.66. The molecule has 2 heterocycles. The molecule has 0 aliphatic carbocycles. The predicted molar refractivity (Wildman–Crippen MR) is 83.0 cm³/mol. The first-order valence-corrected chi connectivity index (χ1v) is 8.42. The lowest BCUT2D eigenvalue weighted by Crippen LogP contribution is -2.48. The third kappa shape index (κ3) is 3.33. The molecule has 2 nitrogen and oxygen atoms in total. The topological polar surface area (TPSA) is 6.48 Å². The highest BCUT2D eigenvalue weighted by Crippen LogP contribution is 2.37. The standard InChI is InChI=1S/C16H24N2S/c1-2-7-17-8-10-18(11-9-17)13-15-12-14-5-3-4-6-16(14)19-15/h3-6,15H,2,7-13H2,1H3. The number of benzene rings is 1. The summed E-state index contributed by atoms with van der Waals surface area (Å²) in [6, 6.07) is 8.91. The van der Waals surface area contributed by atoms with Gasteiger partial charge in [0.15, 0.2) is 0 Å². The average molecular weight is 276 g/mol. The minimum absolute atomic E-state index is 0.773. The Morgan fingerprint density at radius 2 is 1.84 bits per heavy atom. The highest BCUT2D eigenvalue weighted by Gasteiger charge is 2.25. The summed E-state index contributed by atoms with van der Waals surface area (Å²) in [4.78, 5) is 6.78. The second-order valence-corrected chi connectivity index (χ2v) is 7.04. The quantitative estimate of drug-likeness (QED) is 0.835. The largest absolute Gasteiger partial charge is 0.301 e. The van der Waals surface area contributed by atoms with Crippen LogP contribution in [-0.2, 0) is 6.42 Å². The summed E-state index contributed by atoms with van der Waals surface area (Å²) in [7, 11) is 0. The van der Waals surface area contributed by atoms with E-state index in [1.165, 1.54) is 57.0 Å². The Balaban J connectivity index is 1.47. The van der Waals surface area contributed by atoms with Crippen LogP contribution >= 0.6 is 11.8 Å². The molecule has 3 heteroatoms. The molecular formula is C16H24N2S. The van der Waals surface area contributed by atoms with E-state index in [1.54, 1.807) is 5.56 Å². The average Bonchev–Trinajstić information content (AvgIpc) is 2.83. The normalized spacial score (nSPS) is 24.6. The van der Waals surface area contributed by atoms with E-state index < -0.39 is 0 Å². The number of thioether (sulfide) groups is 1. The molecule has 104 valence electrons. The summed E-state index contributed by atoms with van der Waals surface area (Å²) in [6.45, 7) is 9.85. The van der Waals surface area contributed by atoms with E-state index in [4.69, 9.17) is 0 Å². The number of rotatable bonds is 4. The molecule has 1 aromatic carbocycles. The van der Waals surface area contributed by atoms with E-state index >= 15 is 0 Å². The molecule has 2 aliphatic rings. The van der Waals surface area contributed by atoms with Crippen LogP contribution in [0.3, 0.4) is 0 Å². The van der Waals surface area contributed by atoms with E-state index in [0.717, 1.165) is 5.25 Å². The molecule has 0 radical (unpaired) electrons. The van der Waals surface area contributed by atoms with Crippen LogP contribution in [0.2, 0.25) is 0 Å². The van der Waals surface area contributed by atoms with E-state index in [0.29, 0.717) is 0 Å². The van der Waals surface area contributed by atoms with E-state index in [1.807, 2.05) is 0 Å². The lowest BCUT2D eigenvalue weighted by atomic mass is 10.1. The Kier molecular flexibility index (Phi) is 4.46. The first-order chi connectivity index (χ1) is 9.35. The van der Waals surface area contributed by atoms with Crippen LogP contribution in [-0.4, -0.2) is 54.3 Å². The minimum Gasteiger partial charge on any atom is -0.301 e. The van der Waals surface area contributed by atoms with Gasteiger partial charge in [-0.05, 0) is 31.0 Å².